The molecule has 180 valence electrons. The van der Waals surface area contributed by atoms with Crippen LogP contribution in [0, 0.1) is 19.3 Å². The Bertz CT molecular complexity index is 1460. The minimum Gasteiger partial charge on any atom is -0.469 e. The number of H-pyrrole nitrogens is 1. The average molecular weight is 474 g/mol. The van der Waals surface area contributed by atoms with Crippen molar-refractivity contribution in [2.75, 3.05) is 12.8 Å². The molecule has 0 saturated heterocycles. The Hall–Kier alpha value is -4.01. The van der Waals surface area contributed by atoms with Gasteiger partial charge in [-0.15, -0.1) is 9.38 Å². The lowest BCUT2D eigenvalue weighted by Crippen LogP contribution is -2.46. The van der Waals surface area contributed by atoms with Crippen molar-refractivity contribution in [1.82, 2.24) is 19.7 Å². The van der Waals surface area contributed by atoms with Crippen LogP contribution in [-0.2, 0) is 16.1 Å². The van der Waals surface area contributed by atoms with Gasteiger partial charge in [0.25, 0.3) is 0 Å². The largest absolute Gasteiger partial charge is 0.469 e. The second-order valence-corrected chi connectivity index (χ2v) is 9.34. The number of hydrogen-bond acceptors (Lipinski definition) is 6. The van der Waals surface area contributed by atoms with Gasteiger partial charge in [0.2, 0.25) is 5.65 Å². The fourth-order valence-electron chi connectivity index (χ4n) is 5.32. The van der Waals surface area contributed by atoms with Crippen LogP contribution < -0.4 is 15.8 Å². The van der Waals surface area contributed by atoms with Crippen LogP contribution in [0.1, 0.15) is 37.1 Å². The van der Waals surface area contributed by atoms with Crippen molar-refractivity contribution in [2.45, 2.75) is 46.1 Å². The third kappa shape index (κ3) is 3.86. The zero-order valence-corrected chi connectivity index (χ0v) is 20.2. The summed E-state index contributed by atoms with van der Waals surface area (Å²) in [6, 6.07) is 13.7. The highest BCUT2D eigenvalue weighted by molar-refractivity contribution is 5.88. The SMILES string of the molecule is COC(=O)C1(Cn2[nH]c3c(-c4cc(C)nc(C)c4)c(-c4ccccc4)nc(N)[n+]3c2=O)CCCC1. The average Bonchev–Trinajstić information content (AvgIpc) is 3.44. The number of esters is 1. The van der Waals surface area contributed by atoms with Crippen molar-refractivity contribution in [3.05, 3.63) is 64.3 Å². The second kappa shape index (κ2) is 8.65. The van der Waals surface area contributed by atoms with Gasteiger partial charge >= 0.3 is 17.6 Å². The van der Waals surface area contributed by atoms with Gasteiger partial charge in [-0.05, 0) is 44.4 Å². The van der Waals surface area contributed by atoms with Crippen molar-refractivity contribution >= 4 is 17.6 Å². The normalized spacial score (nSPS) is 14.9. The molecule has 0 aliphatic heterocycles. The summed E-state index contributed by atoms with van der Waals surface area (Å²) in [5.41, 5.74) is 10.6. The van der Waals surface area contributed by atoms with E-state index < -0.39 is 5.41 Å². The van der Waals surface area contributed by atoms with Gasteiger partial charge in [0.05, 0.1) is 24.6 Å². The molecule has 0 unspecified atom stereocenters. The molecule has 9 nitrogen and oxygen atoms in total. The summed E-state index contributed by atoms with van der Waals surface area (Å²) in [7, 11) is 1.39. The predicted molar refractivity (Wildman–Crippen MR) is 131 cm³/mol. The number of nitrogen functional groups attached to an aromatic ring is 1. The zero-order chi connectivity index (χ0) is 24.7. The van der Waals surface area contributed by atoms with E-state index >= 15 is 0 Å². The maximum Gasteiger partial charge on any atom is 0.428 e. The third-order valence-corrected chi connectivity index (χ3v) is 6.87. The van der Waals surface area contributed by atoms with E-state index in [9.17, 15) is 9.59 Å². The van der Waals surface area contributed by atoms with Crippen LogP contribution in [0.4, 0.5) is 5.95 Å². The fraction of sp³-hybridized carbons (Fsp3) is 0.346. The van der Waals surface area contributed by atoms with E-state index in [0.29, 0.717) is 24.2 Å². The highest BCUT2D eigenvalue weighted by Gasteiger charge is 2.44. The molecular formula is C26H29N6O3+. The number of aryl methyl sites for hydroxylation is 2. The Labute approximate surface area is 202 Å². The summed E-state index contributed by atoms with van der Waals surface area (Å²) in [6.45, 7) is 4.05. The van der Waals surface area contributed by atoms with E-state index in [-0.39, 0.29) is 24.2 Å². The van der Waals surface area contributed by atoms with E-state index in [1.54, 1.807) is 0 Å². The molecule has 0 atom stereocenters. The molecule has 9 heteroatoms. The third-order valence-electron chi connectivity index (χ3n) is 6.87. The fourth-order valence-corrected chi connectivity index (χ4v) is 5.32. The molecule has 0 radical (unpaired) electrons. The van der Waals surface area contributed by atoms with E-state index in [2.05, 4.69) is 15.1 Å². The van der Waals surface area contributed by atoms with E-state index in [1.807, 2.05) is 56.3 Å². The van der Waals surface area contributed by atoms with Gasteiger partial charge in [-0.1, -0.05) is 43.2 Å². The first-order valence-electron chi connectivity index (χ1n) is 11.8. The van der Waals surface area contributed by atoms with Crippen molar-refractivity contribution < 1.29 is 13.9 Å². The van der Waals surface area contributed by atoms with Crippen LogP contribution in [0.15, 0.2) is 47.3 Å². The number of nitrogens with one attached hydrogen (secondary N) is 1. The molecule has 4 aromatic rings. The highest BCUT2D eigenvalue weighted by atomic mass is 16.5. The Kier molecular flexibility index (Phi) is 5.62. The lowest BCUT2D eigenvalue weighted by atomic mass is 9.86. The van der Waals surface area contributed by atoms with Gasteiger partial charge in [0, 0.05) is 17.0 Å². The molecule has 1 saturated carbocycles. The number of nitrogens with zero attached hydrogens (tertiary/aromatic N) is 4. The Morgan fingerprint density at radius 2 is 1.77 bits per heavy atom. The maximum absolute atomic E-state index is 13.6. The number of aromatic amines is 1. The number of carbonyl (C=O) groups is 1. The molecule has 1 aliphatic carbocycles. The Morgan fingerprint density at radius 1 is 1.11 bits per heavy atom. The molecule has 0 spiro atoms. The molecule has 35 heavy (non-hydrogen) atoms. The first kappa shape index (κ1) is 22.8. The number of hydrogen-bond donors (Lipinski definition) is 2. The zero-order valence-electron chi connectivity index (χ0n) is 20.2. The van der Waals surface area contributed by atoms with Crippen molar-refractivity contribution in [3.63, 3.8) is 0 Å². The predicted octanol–water partition coefficient (Wildman–Crippen LogP) is 2.97. The molecule has 3 aromatic heterocycles. The molecular weight excluding hydrogens is 444 g/mol. The van der Waals surface area contributed by atoms with E-state index in [4.69, 9.17) is 10.5 Å². The van der Waals surface area contributed by atoms with Gasteiger partial charge in [-0.25, -0.2) is 9.89 Å². The number of benzene rings is 1. The van der Waals surface area contributed by atoms with Gasteiger partial charge in [0.15, 0.2) is 0 Å². The van der Waals surface area contributed by atoms with Crippen LogP contribution in [0.3, 0.4) is 0 Å². The number of rotatable bonds is 5. The second-order valence-electron chi connectivity index (χ2n) is 9.34. The quantitative estimate of drug-likeness (QED) is 0.340. The molecule has 3 heterocycles. The summed E-state index contributed by atoms with van der Waals surface area (Å²) in [6.07, 6.45) is 3.18. The number of fused-ring (bicyclic) bond motifs is 1. The standard InChI is InChI=1S/C26H28N6O3/c1-16-13-19(14-17(2)28-16)20-21(18-9-5-4-6-10-18)29-24(27)32-22(20)30-31(25(32)34)15-26(23(33)35-3)11-7-8-12-26/h4-6,9-10,13-14H,7-8,11-12,15H2,1-3H3,(H2,27,28,29,30)/p+1. The van der Waals surface area contributed by atoms with Gasteiger partial charge in [-0.3, -0.25) is 9.78 Å². The van der Waals surface area contributed by atoms with Gasteiger partial charge < -0.3 is 10.5 Å². The molecule has 1 fully saturated rings. The monoisotopic (exact) mass is 473 g/mol. The summed E-state index contributed by atoms with van der Waals surface area (Å²) >= 11 is 0. The Balaban J connectivity index is 1.79. The van der Waals surface area contributed by atoms with Crippen LogP contribution >= 0.6 is 0 Å². The number of ether oxygens (including phenoxy) is 1. The van der Waals surface area contributed by atoms with Crippen molar-refractivity contribution in [1.29, 1.82) is 0 Å². The Morgan fingerprint density at radius 3 is 2.40 bits per heavy atom. The van der Waals surface area contributed by atoms with Gasteiger partial charge in [0.1, 0.15) is 5.69 Å². The molecule has 1 aliphatic rings. The molecule has 5 rings (SSSR count). The first-order valence-corrected chi connectivity index (χ1v) is 11.8. The smallest absolute Gasteiger partial charge is 0.428 e. The number of nitrogens with two attached hydrogens (primary N) is 1. The lowest BCUT2D eigenvalue weighted by Gasteiger charge is -2.23. The van der Waals surface area contributed by atoms with Crippen LogP contribution in [-0.4, -0.2) is 32.8 Å². The molecule has 1 aromatic carbocycles. The van der Waals surface area contributed by atoms with E-state index in [1.165, 1.54) is 16.2 Å². The minimum absolute atomic E-state index is 0.0728. The number of methoxy groups -OCH3 is 1. The van der Waals surface area contributed by atoms with Crippen LogP contribution in [0.5, 0.6) is 0 Å². The van der Waals surface area contributed by atoms with Crippen LogP contribution in [0.25, 0.3) is 28.0 Å². The summed E-state index contributed by atoms with van der Waals surface area (Å²) in [5, 5.41) is 3.27. The summed E-state index contributed by atoms with van der Waals surface area (Å²) in [5.74, 6) is -0.217. The summed E-state index contributed by atoms with van der Waals surface area (Å²) < 4.78 is 7.97. The number of aromatic nitrogens is 5. The summed E-state index contributed by atoms with van der Waals surface area (Å²) in [4.78, 5) is 35.5. The van der Waals surface area contributed by atoms with Crippen molar-refractivity contribution in [2.24, 2.45) is 5.41 Å². The maximum atomic E-state index is 13.6. The number of carbonyl (C=O) groups excluding carboxylic acids is 1. The lowest BCUT2D eigenvalue weighted by molar-refractivity contribution is -0.516. The van der Waals surface area contributed by atoms with Crippen LogP contribution in [0.2, 0.25) is 0 Å². The van der Waals surface area contributed by atoms with Crippen molar-refractivity contribution in [3.8, 4) is 22.4 Å². The molecule has 0 bridgehead atoms. The van der Waals surface area contributed by atoms with E-state index in [0.717, 1.165) is 40.9 Å². The highest BCUT2D eigenvalue weighted by Crippen LogP contribution is 2.40. The minimum atomic E-state index is -0.742. The van der Waals surface area contributed by atoms with Gasteiger partial charge in [-0.2, -0.15) is 4.68 Å². The first-order chi connectivity index (χ1) is 16.8. The molecule has 3 N–H and O–H groups in total. The number of pyridine rings is 1. The topological polar surface area (TPSA) is 120 Å². The molecule has 0 amide bonds. The number of anilines is 1.